The molecule has 0 bridgehead atoms. The van der Waals surface area contributed by atoms with Gasteiger partial charge in [0.05, 0.1) is 6.10 Å². The minimum atomic E-state index is -4.59. The van der Waals surface area contributed by atoms with Crippen molar-refractivity contribution in [2.24, 2.45) is 17.3 Å². The Balaban J connectivity index is 1.32. The molecule has 1 heterocycles. The van der Waals surface area contributed by atoms with Crippen molar-refractivity contribution >= 4 is 16.4 Å². The number of carbonyl (C=O) groups is 1. The summed E-state index contributed by atoms with van der Waals surface area (Å²) in [6.07, 6.45) is -3.49. The van der Waals surface area contributed by atoms with Crippen molar-refractivity contribution in [2.45, 2.75) is 88.2 Å². The molecule has 1 aromatic carbocycles. The highest BCUT2D eigenvalue weighted by Gasteiger charge is 2.57. The Morgan fingerprint density at radius 2 is 1.83 bits per heavy atom. The molecule has 3 fully saturated rings. The molecule has 10 atom stereocenters. The number of carboxylic acid groups (broad SMARTS) is 1. The molecule has 3 unspecified atom stereocenters. The summed E-state index contributed by atoms with van der Waals surface area (Å²) in [4.78, 5) is 11.5. The third-order valence-corrected chi connectivity index (χ3v) is 9.33. The van der Waals surface area contributed by atoms with E-state index < -0.39 is 47.1 Å². The second-order valence-electron chi connectivity index (χ2n) is 10.8. The molecule has 1 aromatic rings. The van der Waals surface area contributed by atoms with E-state index in [1.807, 2.05) is 6.07 Å². The first-order valence-electron chi connectivity index (χ1n) is 12.3. The van der Waals surface area contributed by atoms with Crippen LogP contribution in [0.3, 0.4) is 0 Å². The Hall–Kier alpha value is -1.80. The Morgan fingerprint density at radius 3 is 2.53 bits per heavy atom. The molecular weight excluding hydrogens is 496 g/mol. The van der Waals surface area contributed by atoms with Gasteiger partial charge in [-0.05, 0) is 85.0 Å². The zero-order chi connectivity index (χ0) is 26.0. The highest BCUT2D eigenvalue weighted by molar-refractivity contribution is 7.81. The van der Waals surface area contributed by atoms with Crippen molar-refractivity contribution in [2.75, 3.05) is 0 Å². The van der Waals surface area contributed by atoms with Gasteiger partial charge in [-0.25, -0.2) is 4.79 Å². The van der Waals surface area contributed by atoms with Crippen LogP contribution in [0.25, 0.3) is 0 Å². The van der Waals surface area contributed by atoms with Crippen molar-refractivity contribution in [1.82, 2.24) is 0 Å². The maximum Gasteiger partial charge on any atom is 0.446 e. The molecule has 12 heteroatoms. The fourth-order valence-electron chi connectivity index (χ4n) is 7.23. The van der Waals surface area contributed by atoms with Crippen molar-refractivity contribution in [3.8, 4) is 5.75 Å². The van der Waals surface area contributed by atoms with Gasteiger partial charge in [-0.1, -0.05) is 13.0 Å². The molecule has 1 aliphatic heterocycles. The average Bonchev–Trinajstić information content (AvgIpc) is 3.13. The van der Waals surface area contributed by atoms with Crippen LogP contribution in [0.4, 0.5) is 0 Å². The van der Waals surface area contributed by atoms with Crippen LogP contribution in [0.1, 0.15) is 56.1 Å². The number of aliphatic hydroxyl groups is 3. The quantitative estimate of drug-likeness (QED) is 0.344. The molecule has 0 aromatic heterocycles. The molecule has 200 valence electrons. The standard InChI is InChI=1S/C24H32O11S/c1-24-9-8-14-13-5-3-12(35-36(30,31)32)10-11(13)2-4-15(14)16(24)6-7-17(24)33-23-20(27)18(25)19(26)21(34-23)22(28)29/h3,5,10,14-21,23,25-27H,2,4,6-9H2,1H3,(H,28,29)(H,30,31,32)/t14-,15+,16+,17-,18?,19+,20?,21?,23+,24-/m0/s1. The molecule has 0 amide bonds. The first-order chi connectivity index (χ1) is 16.9. The minimum Gasteiger partial charge on any atom is -0.479 e. The molecule has 2 saturated carbocycles. The summed E-state index contributed by atoms with van der Waals surface area (Å²) >= 11 is 0. The van der Waals surface area contributed by atoms with Crippen LogP contribution in [-0.2, 0) is 31.1 Å². The smallest absolute Gasteiger partial charge is 0.446 e. The van der Waals surface area contributed by atoms with E-state index in [0.717, 1.165) is 43.2 Å². The van der Waals surface area contributed by atoms with Crippen LogP contribution in [0.15, 0.2) is 18.2 Å². The third kappa shape index (κ3) is 4.42. The van der Waals surface area contributed by atoms with E-state index in [9.17, 15) is 33.6 Å². The van der Waals surface area contributed by atoms with Crippen LogP contribution in [-0.4, -0.2) is 76.2 Å². The number of ether oxygens (including phenoxy) is 2. The predicted octanol–water partition coefficient (Wildman–Crippen LogP) is 1.00. The highest BCUT2D eigenvalue weighted by Crippen LogP contribution is 2.62. The van der Waals surface area contributed by atoms with Gasteiger partial charge < -0.3 is 34.1 Å². The van der Waals surface area contributed by atoms with Crippen molar-refractivity contribution in [3.05, 3.63) is 29.3 Å². The summed E-state index contributed by atoms with van der Waals surface area (Å²) in [6, 6.07) is 5.11. The lowest BCUT2D eigenvalue weighted by Gasteiger charge is -2.51. The number of aliphatic hydroxyl groups excluding tert-OH is 3. The van der Waals surface area contributed by atoms with E-state index in [-0.39, 0.29) is 23.2 Å². The van der Waals surface area contributed by atoms with Crippen LogP contribution >= 0.6 is 0 Å². The van der Waals surface area contributed by atoms with Crippen molar-refractivity contribution in [1.29, 1.82) is 0 Å². The van der Waals surface area contributed by atoms with Gasteiger partial charge in [0.1, 0.15) is 24.1 Å². The largest absolute Gasteiger partial charge is 0.479 e. The fraction of sp³-hybridized carbons (Fsp3) is 0.708. The lowest BCUT2D eigenvalue weighted by atomic mass is 9.55. The van der Waals surface area contributed by atoms with E-state index >= 15 is 0 Å². The second kappa shape index (κ2) is 9.19. The Morgan fingerprint density at radius 1 is 1.08 bits per heavy atom. The van der Waals surface area contributed by atoms with Gasteiger partial charge in [-0.2, -0.15) is 8.42 Å². The van der Waals surface area contributed by atoms with Crippen LogP contribution < -0.4 is 4.18 Å². The first-order valence-corrected chi connectivity index (χ1v) is 13.6. The maximum absolute atomic E-state index is 11.5. The normalized spacial score (nSPS) is 42.2. The number of benzene rings is 1. The van der Waals surface area contributed by atoms with Gasteiger partial charge in [-0.3, -0.25) is 4.55 Å². The van der Waals surface area contributed by atoms with Crippen molar-refractivity contribution in [3.63, 3.8) is 0 Å². The van der Waals surface area contributed by atoms with E-state index in [1.165, 1.54) is 0 Å². The molecular formula is C24H32O11S. The van der Waals surface area contributed by atoms with Crippen LogP contribution in [0.2, 0.25) is 0 Å². The minimum absolute atomic E-state index is 0.0858. The third-order valence-electron chi connectivity index (χ3n) is 8.92. The lowest BCUT2D eigenvalue weighted by Crippen LogP contribution is -2.61. The SMILES string of the molecule is C[C@]12CC[C@H]3c4ccc(OS(=O)(=O)O)cc4CC[C@H]3[C@H]1CC[C@@H]2O[C@@H]1OC(C(=O)O)[C@H](O)C(O)C1O. The second-order valence-corrected chi connectivity index (χ2v) is 11.8. The predicted molar refractivity (Wildman–Crippen MR) is 122 cm³/mol. The molecule has 5 N–H and O–H groups in total. The monoisotopic (exact) mass is 528 g/mol. The van der Waals surface area contributed by atoms with Gasteiger partial charge >= 0.3 is 16.4 Å². The summed E-state index contributed by atoms with van der Waals surface area (Å²) in [7, 11) is -4.59. The summed E-state index contributed by atoms with van der Waals surface area (Å²) in [5, 5.41) is 39.9. The topological polar surface area (TPSA) is 180 Å². The van der Waals surface area contributed by atoms with Gasteiger partial charge in [0.25, 0.3) is 0 Å². The van der Waals surface area contributed by atoms with E-state index in [4.69, 9.17) is 14.0 Å². The lowest BCUT2D eigenvalue weighted by molar-refractivity contribution is -0.312. The van der Waals surface area contributed by atoms with E-state index in [0.29, 0.717) is 18.3 Å². The molecule has 36 heavy (non-hydrogen) atoms. The number of aryl methyl sites for hydroxylation is 1. The molecule has 0 radical (unpaired) electrons. The number of fused-ring (bicyclic) bond motifs is 5. The first kappa shape index (κ1) is 25.8. The Bertz CT molecular complexity index is 1120. The van der Waals surface area contributed by atoms with Gasteiger partial charge in [-0.15, -0.1) is 0 Å². The van der Waals surface area contributed by atoms with Crippen LogP contribution in [0, 0.1) is 17.3 Å². The number of hydrogen-bond donors (Lipinski definition) is 5. The number of rotatable bonds is 5. The van der Waals surface area contributed by atoms with E-state index in [2.05, 4.69) is 11.1 Å². The number of aliphatic carboxylic acids is 1. The van der Waals surface area contributed by atoms with E-state index in [1.54, 1.807) is 12.1 Å². The summed E-state index contributed by atoms with van der Waals surface area (Å²) in [5.41, 5.74) is 1.93. The van der Waals surface area contributed by atoms with Crippen LogP contribution in [0.5, 0.6) is 5.75 Å². The summed E-state index contributed by atoms with van der Waals surface area (Å²) in [6.45, 7) is 2.15. The zero-order valence-corrected chi connectivity index (χ0v) is 20.6. The summed E-state index contributed by atoms with van der Waals surface area (Å²) < 4.78 is 47.3. The van der Waals surface area contributed by atoms with Gasteiger partial charge in [0, 0.05) is 0 Å². The van der Waals surface area contributed by atoms with Crippen molar-refractivity contribution < 1.29 is 51.8 Å². The summed E-state index contributed by atoms with van der Waals surface area (Å²) in [5.74, 6) is -0.383. The highest BCUT2D eigenvalue weighted by atomic mass is 32.3. The number of hydrogen-bond acceptors (Lipinski definition) is 9. The van der Waals surface area contributed by atoms with Gasteiger partial charge in [0.15, 0.2) is 12.4 Å². The molecule has 1 saturated heterocycles. The average molecular weight is 529 g/mol. The molecule has 5 rings (SSSR count). The Kier molecular flexibility index (Phi) is 6.60. The zero-order valence-electron chi connectivity index (χ0n) is 19.8. The molecule has 0 spiro atoms. The molecule has 11 nitrogen and oxygen atoms in total. The number of carboxylic acids is 1. The maximum atomic E-state index is 11.5. The molecule has 4 aliphatic rings. The molecule has 3 aliphatic carbocycles. The van der Waals surface area contributed by atoms with Gasteiger partial charge in [0.2, 0.25) is 0 Å². The fourth-order valence-corrected chi connectivity index (χ4v) is 7.58. The Labute approximate surface area is 208 Å².